The van der Waals surface area contributed by atoms with E-state index in [1.165, 1.54) is 10.8 Å². The predicted octanol–water partition coefficient (Wildman–Crippen LogP) is -1.37. The van der Waals surface area contributed by atoms with Crippen molar-refractivity contribution in [2.75, 3.05) is 0 Å². The second-order valence-electron chi connectivity index (χ2n) is 2.04. The van der Waals surface area contributed by atoms with Gasteiger partial charge in [0.05, 0.1) is 0 Å². The van der Waals surface area contributed by atoms with Gasteiger partial charge in [0, 0.05) is 0 Å². The van der Waals surface area contributed by atoms with Crippen molar-refractivity contribution in [2.45, 2.75) is 0 Å². The molecule has 0 spiro atoms. The topological polar surface area (TPSA) is 93.0 Å². The summed E-state index contributed by atoms with van der Waals surface area (Å²) >= 11 is 0. The highest BCUT2D eigenvalue weighted by Gasteiger charge is 2.03. The van der Waals surface area contributed by atoms with Crippen LogP contribution in [0.4, 0.5) is 0 Å². The first kappa shape index (κ1) is 6.65. The van der Waals surface area contributed by atoms with Crippen LogP contribution in [0.5, 0.6) is 0 Å². The molecule has 0 saturated heterocycles. The van der Waals surface area contributed by atoms with E-state index in [1.807, 2.05) is 0 Å². The minimum absolute atomic E-state index is 0.214. The first-order valence-corrected chi connectivity index (χ1v) is 3.06. The lowest BCUT2D eigenvalue weighted by molar-refractivity contribution is 0.111. The molecule has 0 radical (unpaired) electrons. The Labute approximate surface area is 65.1 Å². The van der Waals surface area contributed by atoms with Gasteiger partial charge >= 0.3 is 5.56 Å². The number of hydrogen-bond donors (Lipinski definition) is 1. The lowest BCUT2D eigenvalue weighted by atomic mass is 10.5. The lowest BCUT2D eigenvalue weighted by Crippen LogP contribution is -2.17. The Morgan fingerprint density at radius 1 is 1.58 bits per heavy atom. The molecule has 7 nitrogen and oxygen atoms in total. The molecule has 60 valence electrons. The van der Waals surface area contributed by atoms with Gasteiger partial charge < -0.3 is 0 Å². The van der Waals surface area contributed by atoms with Gasteiger partial charge in [-0.15, -0.1) is 0 Å². The Balaban J connectivity index is 2.90. The van der Waals surface area contributed by atoms with E-state index in [1.54, 1.807) is 0 Å². The van der Waals surface area contributed by atoms with Crippen LogP contribution in [-0.4, -0.2) is 31.1 Å². The Morgan fingerprint density at radius 3 is 3.17 bits per heavy atom. The summed E-state index contributed by atoms with van der Waals surface area (Å²) < 4.78 is 1.21. The van der Waals surface area contributed by atoms with Gasteiger partial charge in [-0.2, -0.15) is 19.7 Å². The number of carbonyl (C=O) groups excluding carboxylic acids is 1. The smallest absolute Gasteiger partial charge is 0.296 e. The monoisotopic (exact) mass is 165 g/mol. The van der Waals surface area contributed by atoms with Crippen LogP contribution in [-0.2, 0) is 0 Å². The second kappa shape index (κ2) is 2.22. The fourth-order valence-electron chi connectivity index (χ4n) is 0.783. The van der Waals surface area contributed by atoms with E-state index in [9.17, 15) is 9.59 Å². The van der Waals surface area contributed by atoms with Gasteiger partial charge in [-0.3, -0.25) is 9.59 Å². The molecule has 0 fully saturated rings. The average Bonchev–Trinajstić information content (AvgIpc) is 2.49. The molecule has 0 aliphatic rings. The molecule has 0 atom stereocenters. The van der Waals surface area contributed by atoms with E-state index >= 15 is 0 Å². The number of nitrogens with one attached hydrogen (secondary N) is 1. The van der Waals surface area contributed by atoms with Crippen molar-refractivity contribution in [3.8, 4) is 0 Å². The number of nitrogens with zero attached hydrogens (tertiary/aromatic N) is 4. The van der Waals surface area contributed by atoms with E-state index in [0.717, 1.165) is 0 Å². The first-order valence-electron chi connectivity index (χ1n) is 3.06. The molecule has 0 aromatic carbocycles. The van der Waals surface area contributed by atoms with E-state index in [2.05, 4.69) is 20.3 Å². The fourth-order valence-corrected chi connectivity index (χ4v) is 0.783. The van der Waals surface area contributed by atoms with E-state index in [0.29, 0.717) is 6.29 Å². The molecule has 0 aliphatic heterocycles. The van der Waals surface area contributed by atoms with Crippen molar-refractivity contribution in [2.24, 2.45) is 0 Å². The molecule has 2 heterocycles. The molecule has 0 amide bonds. The third kappa shape index (κ3) is 0.797. The summed E-state index contributed by atoms with van der Waals surface area (Å²) in [5, 5.41) is 9.64. The fraction of sp³-hybridized carbons (Fsp3) is 0. The third-order valence-electron chi connectivity index (χ3n) is 1.30. The Hall–Kier alpha value is -2.05. The van der Waals surface area contributed by atoms with Crippen LogP contribution in [0.25, 0.3) is 5.78 Å². The summed E-state index contributed by atoms with van der Waals surface area (Å²) in [4.78, 5) is 24.6. The maximum absolute atomic E-state index is 10.9. The van der Waals surface area contributed by atoms with Crippen molar-refractivity contribution < 1.29 is 4.79 Å². The van der Waals surface area contributed by atoms with E-state index in [-0.39, 0.29) is 11.5 Å². The summed E-state index contributed by atoms with van der Waals surface area (Å²) in [6, 6.07) is 0. The number of rotatable bonds is 1. The average molecular weight is 165 g/mol. The maximum Gasteiger partial charge on any atom is 0.304 e. The molecular weight excluding hydrogens is 162 g/mol. The molecule has 12 heavy (non-hydrogen) atoms. The zero-order valence-electron chi connectivity index (χ0n) is 5.76. The molecule has 0 aliphatic carbocycles. The maximum atomic E-state index is 10.9. The minimum Gasteiger partial charge on any atom is -0.296 e. The van der Waals surface area contributed by atoms with Crippen LogP contribution in [0.3, 0.4) is 0 Å². The zero-order chi connectivity index (χ0) is 8.55. The number of aldehydes is 1. The Bertz CT molecular complexity index is 484. The molecule has 7 heteroatoms. The van der Waals surface area contributed by atoms with Crippen molar-refractivity contribution in [3.63, 3.8) is 0 Å². The second-order valence-corrected chi connectivity index (χ2v) is 2.04. The summed E-state index contributed by atoms with van der Waals surface area (Å²) in [7, 11) is 0. The Morgan fingerprint density at radius 2 is 2.42 bits per heavy atom. The third-order valence-corrected chi connectivity index (χ3v) is 1.30. The van der Waals surface area contributed by atoms with Crippen LogP contribution < -0.4 is 5.56 Å². The number of aromatic amines is 1. The molecule has 1 N–H and O–H groups in total. The summed E-state index contributed by atoms with van der Waals surface area (Å²) in [6.07, 6.45) is 1.67. The molecule has 2 aromatic rings. The summed E-state index contributed by atoms with van der Waals surface area (Å²) in [5.74, 6) is 0.214. The number of carbonyl (C=O) groups is 1. The number of fused-ring (bicyclic) bond motifs is 1. The highest BCUT2D eigenvalue weighted by molar-refractivity contribution is 5.70. The van der Waals surface area contributed by atoms with Crippen molar-refractivity contribution in [1.29, 1.82) is 0 Å². The van der Waals surface area contributed by atoms with Crippen LogP contribution in [0.15, 0.2) is 11.1 Å². The van der Waals surface area contributed by atoms with Gasteiger partial charge in [0.25, 0.3) is 0 Å². The molecule has 0 bridgehead atoms. The predicted molar refractivity (Wildman–Crippen MR) is 36.8 cm³/mol. The molecule has 2 aromatic heterocycles. The van der Waals surface area contributed by atoms with Crippen LogP contribution >= 0.6 is 0 Å². The standard InChI is InChI=1S/C5H3N5O2/c11-1-3-4(12)7-5-8-6-2-10(5)9-3/h1-2H,(H,7,8,12). The highest BCUT2D eigenvalue weighted by Crippen LogP contribution is 1.85. The lowest BCUT2D eigenvalue weighted by Gasteiger charge is -1.88. The largest absolute Gasteiger partial charge is 0.304 e. The van der Waals surface area contributed by atoms with Gasteiger partial charge in [0.15, 0.2) is 12.0 Å². The number of hydrogen-bond acceptors (Lipinski definition) is 5. The van der Waals surface area contributed by atoms with Crippen LogP contribution in [0.2, 0.25) is 0 Å². The summed E-state index contributed by atoms with van der Waals surface area (Å²) in [6.45, 7) is 0. The minimum atomic E-state index is -0.658. The molecule has 0 unspecified atom stereocenters. The van der Waals surface area contributed by atoms with Crippen molar-refractivity contribution in [1.82, 2.24) is 24.8 Å². The van der Waals surface area contributed by atoms with Gasteiger partial charge in [-0.1, -0.05) is 0 Å². The molecule has 2 rings (SSSR count). The van der Waals surface area contributed by atoms with Gasteiger partial charge in [-0.25, -0.2) is 5.10 Å². The Kier molecular flexibility index (Phi) is 1.23. The van der Waals surface area contributed by atoms with Gasteiger partial charge in [0.1, 0.15) is 6.33 Å². The summed E-state index contributed by atoms with van der Waals surface area (Å²) in [5.41, 5.74) is -0.886. The van der Waals surface area contributed by atoms with Gasteiger partial charge in [-0.05, 0) is 0 Å². The number of H-pyrrole nitrogens is 1. The zero-order valence-corrected chi connectivity index (χ0v) is 5.76. The molecule has 0 saturated carbocycles. The highest BCUT2D eigenvalue weighted by atomic mass is 16.1. The quantitative estimate of drug-likeness (QED) is 0.526. The number of aromatic nitrogens is 5. The van der Waals surface area contributed by atoms with E-state index in [4.69, 9.17) is 0 Å². The van der Waals surface area contributed by atoms with Crippen LogP contribution in [0, 0.1) is 0 Å². The first-order chi connectivity index (χ1) is 5.81. The molecular formula is C5H3N5O2. The van der Waals surface area contributed by atoms with Gasteiger partial charge in [0.2, 0.25) is 5.78 Å². The van der Waals surface area contributed by atoms with Crippen molar-refractivity contribution in [3.05, 3.63) is 22.4 Å². The SMILES string of the molecule is O=Cc1nn2cn[nH]c2nc1=O. The van der Waals surface area contributed by atoms with Crippen molar-refractivity contribution >= 4 is 12.1 Å². The van der Waals surface area contributed by atoms with E-state index < -0.39 is 5.56 Å². The van der Waals surface area contributed by atoms with Crippen LogP contribution in [0.1, 0.15) is 10.5 Å². The normalized spacial score (nSPS) is 10.3.